The number of nitrogens with zero attached hydrogens (tertiary/aromatic N) is 1. The Morgan fingerprint density at radius 1 is 1.22 bits per heavy atom. The summed E-state index contributed by atoms with van der Waals surface area (Å²) in [5.41, 5.74) is 2.02. The minimum absolute atomic E-state index is 0.0666. The third kappa shape index (κ3) is 8.25. The molecule has 0 aliphatic heterocycles. The summed E-state index contributed by atoms with van der Waals surface area (Å²) in [6.07, 6.45) is 7.86. The monoisotopic (exact) mass is 335 g/mol. The highest BCUT2D eigenvalue weighted by Crippen LogP contribution is 2.08. The molecule has 0 amide bonds. The van der Waals surface area contributed by atoms with Crippen LogP contribution in [0.2, 0.25) is 0 Å². The molecule has 0 spiro atoms. The Morgan fingerprint density at radius 2 is 1.87 bits per heavy atom. The number of rotatable bonds is 4. The van der Waals surface area contributed by atoms with E-state index in [9.17, 15) is 8.42 Å². The van der Waals surface area contributed by atoms with Crippen molar-refractivity contribution < 1.29 is 18.1 Å². The Kier molecular flexibility index (Phi) is 7.61. The van der Waals surface area contributed by atoms with Crippen molar-refractivity contribution in [2.75, 3.05) is 0 Å². The molecule has 6 heteroatoms. The van der Waals surface area contributed by atoms with Crippen LogP contribution in [0.15, 0.2) is 59.8 Å². The molecule has 23 heavy (non-hydrogen) atoms. The Hall–Kier alpha value is -2.02. The first-order valence-electron chi connectivity index (χ1n) is 7.08. The number of hydrogen-bond donors (Lipinski definition) is 2. The van der Waals surface area contributed by atoms with Gasteiger partial charge >= 0.3 is 0 Å². The Balaban J connectivity index is 0.000000231. The molecule has 0 aliphatic carbocycles. The molecule has 0 fully saturated rings. The molecule has 1 aromatic heterocycles. The molecule has 1 aromatic carbocycles. The maximum Gasteiger partial charge on any atom is 0.294 e. The zero-order chi connectivity index (χ0) is 17.3. The van der Waals surface area contributed by atoms with E-state index in [1.54, 1.807) is 31.5 Å². The lowest BCUT2D eigenvalue weighted by atomic mass is 10.2. The van der Waals surface area contributed by atoms with E-state index in [4.69, 9.17) is 9.66 Å². The molecule has 2 N–H and O–H groups in total. The fourth-order valence-corrected chi connectivity index (χ4v) is 2.07. The maximum atomic E-state index is 10.5. The molecule has 0 saturated carbocycles. The van der Waals surface area contributed by atoms with Crippen molar-refractivity contribution in [1.29, 1.82) is 0 Å². The largest absolute Gasteiger partial charge is 0.393 e. The molecule has 124 valence electrons. The fraction of sp³-hybridized carbons (Fsp3) is 0.235. The predicted molar refractivity (Wildman–Crippen MR) is 90.6 cm³/mol. The van der Waals surface area contributed by atoms with Gasteiger partial charge in [0, 0.05) is 12.4 Å². The van der Waals surface area contributed by atoms with Crippen LogP contribution >= 0.6 is 0 Å². The van der Waals surface area contributed by atoms with Crippen molar-refractivity contribution in [3.63, 3.8) is 0 Å². The predicted octanol–water partition coefficient (Wildman–Crippen LogP) is 3.11. The van der Waals surface area contributed by atoms with Crippen LogP contribution in [-0.2, 0) is 10.1 Å². The minimum Gasteiger partial charge on any atom is -0.393 e. The van der Waals surface area contributed by atoms with E-state index >= 15 is 0 Å². The smallest absolute Gasteiger partial charge is 0.294 e. The van der Waals surface area contributed by atoms with Crippen LogP contribution in [0.25, 0.3) is 6.08 Å². The second-order valence-corrected chi connectivity index (χ2v) is 6.48. The summed E-state index contributed by atoms with van der Waals surface area (Å²) in [7, 11) is -4.02. The summed E-state index contributed by atoms with van der Waals surface area (Å²) < 4.78 is 29.6. The van der Waals surface area contributed by atoms with Gasteiger partial charge in [0.2, 0.25) is 0 Å². The second-order valence-electron chi connectivity index (χ2n) is 5.06. The third-order valence-electron chi connectivity index (χ3n) is 2.79. The van der Waals surface area contributed by atoms with E-state index < -0.39 is 10.1 Å². The van der Waals surface area contributed by atoms with Gasteiger partial charge in [0.05, 0.1) is 11.0 Å². The highest BCUT2D eigenvalue weighted by molar-refractivity contribution is 7.85. The van der Waals surface area contributed by atoms with Crippen LogP contribution < -0.4 is 0 Å². The number of aliphatic hydroxyl groups is 1. The number of pyridine rings is 1. The van der Waals surface area contributed by atoms with E-state index in [2.05, 4.69) is 4.98 Å². The van der Waals surface area contributed by atoms with Crippen LogP contribution in [0.3, 0.4) is 0 Å². The third-order valence-corrected chi connectivity index (χ3v) is 3.66. The first kappa shape index (κ1) is 19.0. The van der Waals surface area contributed by atoms with Gasteiger partial charge < -0.3 is 5.11 Å². The lowest BCUT2D eigenvalue weighted by Crippen LogP contribution is -1.96. The van der Waals surface area contributed by atoms with Crippen molar-refractivity contribution >= 4 is 16.2 Å². The van der Waals surface area contributed by atoms with Gasteiger partial charge in [-0.2, -0.15) is 8.42 Å². The number of aliphatic hydroxyl groups excluding tert-OH is 1. The summed E-state index contributed by atoms with van der Waals surface area (Å²) in [4.78, 5) is 3.90. The number of benzene rings is 1. The second kappa shape index (κ2) is 9.19. The summed E-state index contributed by atoms with van der Waals surface area (Å²) in [5.74, 6) is 0. The molecular formula is C17H21NO4S. The highest BCUT2D eigenvalue weighted by atomic mass is 32.2. The van der Waals surface area contributed by atoms with Gasteiger partial charge in [0.15, 0.2) is 0 Å². The highest BCUT2D eigenvalue weighted by Gasteiger charge is 2.06. The van der Waals surface area contributed by atoms with Crippen molar-refractivity contribution in [1.82, 2.24) is 4.98 Å². The topological polar surface area (TPSA) is 87.5 Å². The van der Waals surface area contributed by atoms with Crippen molar-refractivity contribution in [3.8, 4) is 0 Å². The van der Waals surface area contributed by atoms with Gasteiger partial charge in [-0.1, -0.05) is 35.9 Å². The Labute approximate surface area is 137 Å². The Morgan fingerprint density at radius 3 is 2.35 bits per heavy atom. The van der Waals surface area contributed by atoms with Gasteiger partial charge in [0.1, 0.15) is 0 Å². The van der Waals surface area contributed by atoms with Crippen LogP contribution in [0, 0.1) is 6.92 Å². The SMILES string of the molecule is CC(O)CC=Cc1cccnc1.Cc1ccc(S(=O)(=O)O)cc1. The van der Waals surface area contributed by atoms with Crippen LogP contribution in [0.1, 0.15) is 24.5 Å². The molecule has 0 radical (unpaired) electrons. The lowest BCUT2D eigenvalue weighted by molar-refractivity contribution is 0.199. The van der Waals surface area contributed by atoms with E-state index in [0.29, 0.717) is 6.42 Å². The van der Waals surface area contributed by atoms with Crippen molar-refractivity contribution in [2.45, 2.75) is 31.3 Å². The average Bonchev–Trinajstić information content (AvgIpc) is 2.48. The first-order valence-corrected chi connectivity index (χ1v) is 8.52. The van der Waals surface area contributed by atoms with E-state index in [-0.39, 0.29) is 11.0 Å². The first-order chi connectivity index (χ1) is 10.8. The maximum absolute atomic E-state index is 10.5. The molecule has 5 nitrogen and oxygen atoms in total. The van der Waals surface area contributed by atoms with Crippen LogP contribution in [0.5, 0.6) is 0 Å². The van der Waals surface area contributed by atoms with Crippen molar-refractivity contribution in [3.05, 3.63) is 66.0 Å². The molecule has 1 heterocycles. The number of aromatic nitrogens is 1. The molecule has 0 bridgehead atoms. The minimum atomic E-state index is -4.02. The molecular weight excluding hydrogens is 314 g/mol. The van der Waals surface area contributed by atoms with E-state index in [1.165, 1.54) is 12.1 Å². The summed E-state index contributed by atoms with van der Waals surface area (Å²) in [6, 6.07) is 9.86. The molecule has 0 aliphatic rings. The lowest BCUT2D eigenvalue weighted by Gasteiger charge is -1.96. The number of aryl methyl sites for hydroxylation is 1. The summed E-state index contributed by atoms with van der Waals surface area (Å²) in [5, 5.41) is 8.96. The van der Waals surface area contributed by atoms with Crippen LogP contribution in [0.4, 0.5) is 0 Å². The van der Waals surface area contributed by atoms with Gasteiger partial charge in [-0.15, -0.1) is 0 Å². The average molecular weight is 335 g/mol. The Bertz CT molecular complexity index is 708. The van der Waals surface area contributed by atoms with E-state index in [0.717, 1.165) is 11.1 Å². The number of hydrogen-bond acceptors (Lipinski definition) is 4. The normalized spacial score (nSPS) is 12.5. The quantitative estimate of drug-likeness (QED) is 0.838. The van der Waals surface area contributed by atoms with Crippen molar-refractivity contribution in [2.24, 2.45) is 0 Å². The molecule has 1 unspecified atom stereocenters. The molecule has 2 rings (SSSR count). The molecule has 0 saturated heterocycles. The molecule has 2 aromatic rings. The standard InChI is InChI=1S/C10H13NO.C7H8O3S/c1-9(12)4-2-5-10-6-3-7-11-8-10;1-6-2-4-7(5-3-6)11(8,9)10/h2-3,5-9,12H,4H2,1H3;2-5H,1H3,(H,8,9,10). The summed E-state index contributed by atoms with van der Waals surface area (Å²) in [6.45, 7) is 3.61. The van der Waals surface area contributed by atoms with Gasteiger partial charge in [-0.25, -0.2) is 0 Å². The fourth-order valence-electron chi connectivity index (χ4n) is 1.59. The summed E-state index contributed by atoms with van der Waals surface area (Å²) >= 11 is 0. The van der Waals surface area contributed by atoms with Gasteiger partial charge in [0.25, 0.3) is 10.1 Å². The van der Waals surface area contributed by atoms with Gasteiger partial charge in [-0.05, 0) is 44.0 Å². The van der Waals surface area contributed by atoms with Gasteiger partial charge in [-0.3, -0.25) is 9.54 Å². The van der Waals surface area contributed by atoms with Crippen LogP contribution in [-0.4, -0.2) is 29.2 Å². The van der Waals surface area contributed by atoms with E-state index in [1.807, 2.05) is 31.2 Å². The zero-order valence-corrected chi connectivity index (χ0v) is 13.9. The molecule has 1 atom stereocenters. The zero-order valence-electron chi connectivity index (χ0n) is 13.1.